The highest BCUT2D eigenvalue weighted by Gasteiger charge is 2.32. The molecule has 0 aliphatic heterocycles. The Balaban J connectivity index is 1.76. The van der Waals surface area contributed by atoms with E-state index in [9.17, 15) is 15.0 Å². The third-order valence-corrected chi connectivity index (χ3v) is 4.11. The zero-order valence-corrected chi connectivity index (χ0v) is 12.9. The van der Waals surface area contributed by atoms with Gasteiger partial charge in [0.05, 0.1) is 17.8 Å². The van der Waals surface area contributed by atoms with Crippen LogP contribution in [0.25, 0.3) is 5.69 Å². The van der Waals surface area contributed by atoms with Crippen LogP contribution in [0.15, 0.2) is 30.3 Å². The lowest BCUT2D eigenvalue weighted by Crippen LogP contribution is -2.51. The van der Waals surface area contributed by atoms with E-state index in [0.717, 1.165) is 12.1 Å². The van der Waals surface area contributed by atoms with Crippen LogP contribution in [-0.4, -0.2) is 49.1 Å². The number of amides is 1. The Hall–Kier alpha value is -2.25. The molecule has 7 heteroatoms. The second-order valence-corrected chi connectivity index (χ2v) is 5.80. The van der Waals surface area contributed by atoms with Crippen molar-refractivity contribution in [3.8, 4) is 5.69 Å². The van der Waals surface area contributed by atoms with E-state index in [1.807, 2.05) is 30.3 Å². The molecule has 1 heterocycles. The molecule has 0 saturated heterocycles. The second-order valence-electron chi connectivity index (χ2n) is 5.80. The van der Waals surface area contributed by atoms with E-state index in [4.69, 9.17) is 0 Å². The van der Waals surface area contributed by atoms with Crippen LogP contribution in [0, 0.1) is 6.92 Å². The van der Waals surface area contributed by atoms with Gasteiger partial charge in [-0.15, -0.1) is 5.10 Å². The van der Waals surface area contributed by atoms with Gasteiger partial charge in [-0.3, -0.25) is 4.79 Å². The number of rotatable bonds is 3. The van der Waals surface area contributed by atoms with Gasteiger partial charge in [0.15, 0.2) is 0 Å². The predicted molar refractivity (Wildman–Crippen MR) is 83.2 cm³/mol. The molecule has 0 bridgehead atoms. The maximum atomic E-state index is 12.3. The van der Waals surface area contributed by atoms with Crippen molar-refractivity contribution in [3.05, 3.63) is 42.0 Å². The van der Waals surface area contributed by atoms with E-state index in [0.29, 0.717) is 18.7 Å². The second kappa shape index (κ2) is 6.47. The van der Waals surface area contributed by atoms with Crippen LogP contribution in [0.4, 0.5) is 0 Å². The van der Waals surface area contributed by atoms with Crippen LogP contribution in [-0.2, 0) is 0 Å². The Bertz CT molecular complexity index is 686. The SMILES string of the molecule is Cc1nc(C(=O)N[C@@H]2CCC[C@@H](O)[C@@H]2O)nn1-c1ccccc1. The number of nitrogens with zero attached hydrogens (tertiary/aromatic N) is 3. The van der Waals surface area contributed by atoms with Crippen LogP contribution in [0.1, 0.15) is 35.7 Å². The van der Waals surface area contributed by atoms with E-state index >= 15 is 0 Å². The maximum absolute atomic E-state index is 12.3. The highest BCUT2D eigenvalue weighted by molar-refractivity contribution is 5.90. The largest absolute Gasteiger partial charge is 0.390 e. The molecule has 122 valence electrons. The molecule has 3 N–H and O–H groups in total. The first-order chi connectivity index (χ1) is 11.1. The summed E-state index contributed by atoms with van der Waals surface area (Å²) < 4.78 is 1.60. The minimum Gasteiger partial charge on any atom is -0.390 e. The first-order valence-corrected chi connectivity index (χ1v) is 7.72. The Kier molecular flexibility index (Phi) is 4.40. The Morgan fingerprint density at radius 1 is 1.26 bits per heavy atom. The van der Waals surface area contributed by atoms with Crippen LogP contribution in [0.5, 0.6) is 0 Å². The summed E-state index contributed by atoms with van der Waals surface area (Å²) in [4.78, 5) is 16.5. The highest BCUT2D eigenvalue weighted by atomic mass is 16.3. The molecule has 1 aliphatic carbocycles. The molecule has 3 rings (SSSR count). The van der Waals surface area contributed by atoms with Crippen molar-refractivity contribution in [2.45, 2.75) is 44.4 Å². The summed E-state index contributed by atoms with van der Waals surface area (Å²) in [5, 5.41) is 26.6. The molecular formula is C16H20N4O3. The van der Waals surface area contributed by atoms with E-state index in [1.54, 1.807) is 11.6 Å². The smallest absolute Gasteiger partial charge is 0.291 e. The number of aromatic nitrogens is 3. The topological polar surface area (TPSA) is 100 Å². The van der Waals surface area contributed by atoms with Crippen LogP contribution in [0.2, 0.25) is 0 Å². The number of carbonyl (C=O) groups is 1. The number of para-hydroxylation sites is 1. The third-order valence-electron chi connectivity index (χ3n) is 4.11. The molecule has 0 unspecified atom stereocenters. The van der Waals surface area contributed by atoms with Gasteiger partial charge in [0.2, 0.25) is 5.82 Å². The number of hydrogen-bond donors (Lipinski definition) is 3. The van der Waals surface area contributed by atoms with Crippen LogP contribution in [0.3, 0.4) is 0 Å². The summed E-state index contributed by atoms with van der Waals surface area (Å²) in [5.74, 6) is 0.213. The van der Waals surface area contributed by atoms with Gasteiger partial charge in [0, 0.05) is 0 Å². The van der Waals surface area contributed by atoms with Crippen molar-refractivity contribution >= 4 is 5.91 Å². The van der Waals surface area contributed by atoms with Crippen molar-refractivity contribution in [2.75, 3.05) is 0 Å². The van der Waals surface area contributed by atoms with Crippen molar-refractivity contribution in [1.82, 2.24) is 20.1 Å². The molecule has 1 amide bonds. The van der Waals surface area contributed by atoms with Gasteiger partial charge in [0.1, 0.15) is 11.9 Å². The van der Waals surface area contributed by atoms with E-state index in [2.05, 4.69) is 15.4 Å². The monoisotopic (exact) mass is 316 g/mol. The number of hydrogen-bond acceptors (Lipinski definition) is 5. The van der Waals surface area contributed by atoms with E-state index < -0.39 is 24.2 Å². The Morgan fingerprint density at radius 3 is 2.74 bits per heavy atom. The van der Waals surface area contributed by atoms with E-state index in [1.165, 1.54) is 0 Å². The first kappa shape index (κ1) is 15.6. The molecule has 3 atom stereocenters. The van der Waals surface area contributed by atoms with E-state index in [-0.39, 0.29) is 5.82 Å². The summed E-state index contributed by atoms with van der Waals surface area (Å²) in [6, 6.07) is 8.95. The molecule has 0 radical (unpaired) electrons. The van der Waals surface area contributed by atoms with Gasteiger partial charge in [-0.25, -0.2) is 9.67 Å². The van der Waals surface area contributed by atoms with Crippen molar-refractivity contribution < 1.29 is 15.0 Å². The maximum Gasteiger partial charge on any atom is 0.291 e. The molecule has 1 saturated carbocycles. The molecule has 1 aromatic carbocycles. The molecule has 2 aromatic rings. The minimum atomic E-state index is -0.954. The van der Waals surface area contributed by atoms with Crippen molar-refractivity contribution in [1.29, 1.82) is 0 Å². The molecule has 23 heavy (non-hydrogen) atoms. The molecule has 1 aromatic heterocycles. The summed E-state index contributed by atoms with van der Waals surface area (Å²) in [7, 11) is 0. The first-order valence-electron chi connectivity index (χ1n) is 7.72. The zero-order valence-electron chi connectivity index (χ0n) is 12.9. The van der Waals surface area contributed by atoms with Crippen LogP contribution < -0.4 is 5.32 Å². The fraction of sp³-hybridized carbons (Fsp3) is 0.438. The lowest BCUT2D eigenvalue weighted by Gasteiger charge is -2.31. The van der Waals surface area contributed by atoms with Gasteiger partial charge in [-0.2, -0.15) is 0 Å². The average molecular weight is 316 g/mol. The lowest BCUT2D eigenvalue weighted by atomic mass is 9.90. The summed E-state index contributed by atoms with van der Waals surface area (Å²) >= 11 is 0. The van der Waals surface area contributed by atoms with Crippen molar-refractivity contribution in [2.24, 2.45) is 0 Å². The predicted octanol–water partition coefficient (Wildman–Crippen LogP) is 0.580. The van der Waals surface area contributed by atoms with Gasteiger partial charge in [-0.05, 0) is 38.3 Å². The number of aryl methyl sites for hydroxylation is 1. The normalized spacial score (nSPS) is 24.4. The summed E-state index contributed by atoms with van der Waals surface area (Å²) in [5.41, 5.74) is 0.824. The number of nitrogens with one attached hydrogen (secondary N) is 1. The number of aliphatic hydroxyl groups is 2. The molecule has 7 nitrogen and oxygen atoms in total. The van der Waals surface area contributed by atoms with Crippen molar-refractivity contribution in [3.63, 3.8) is 0 Å². The Morgan fingerprint density at radius 2 is 2.00 bits per heavy atom. The lowest BCUT2D eigenvalue weighted by molar-refractivity contribution is -0.0278. The minimum absolute atomic E-state index is 0.0543. The summed E-state index contributed by atoms with van der Waals surface area (Å²) in [6.07, 6.45) is 0.180. The molecule has 1 aliphatic rings. The fourth-order valence-corrected chi connectivity index (χ4v) is 2.85. The molecule has 0 spiro atoms. The number of aliphatic hydroxyl groups excluding tert-OH is 2. The summed E-state index contributed by atoms with van der Waals surface area (Å²) in [6.45, 7) is 1.77. The number of carbonyl (C=O) groups excluding carboxylic acids is 1. The van der Waals surface area contributed by atoms with Gasteiger partial charge in [0.25, 0.3) is 5.91 Å². The molecular weight excluding hydrogens is 296 g/mol. The Labute approximate surface area is 134 Å². The van der Waals surface area contributed by atoms with Crippen LogP contribution >= 0.6 is 0 Å². The molecule has 1 fully saturated rings. The average Bonchev–Trinajstić information content (AvgIpc) is 2.95. The highest BCUT2D eigenvalue weighted by Crippen LogP contribution is 2.19. The van der Waals surface area contributed by atoms with Gasteiger partial charge >= 0.3 is 0 Å². The van der Waals surface area contributed by atoms with Gasteiger partial charge < -0.3 is 15.5 Å². The zero-order chi connectivity index (χ0) is 16.4. The standard InChI is InChI=1S/C16H20N4O3/c1-10-17-15(19-20(10)11-6-3-2-4-7-11)16(23)18-12-8-5-9-13(21)14(12)22/h2-4,6-7,12-14,21-22H,5,8-9H2,1H3,(H,18,23)/t12-,13-,14-/m1/s1. The third kappa shape index (κ3) is 3.25. The number of benzene rings is 1. The quantitative estimate of drug-likeness (QED) is 0.769. The van der Waals surface area contributed by atoms with Gasteiger partial charge in [-0.1, -0.05) is 18.2 Å². The fourth-order valence-electron chi connectivity index (χ4n) is 2.85.